The van der Waals surface area contributed by atoms with Crippen LogP contribution in [0.4, 0.5) is 5.82 Å². The fourth-order valence-electron chi connectivity index (χ4n) is 3.85. The molecule has 0 saturated carbocycles. The van der Waals surface area contributed by atoms with E-state index in [9.17, 15) is 9.90 Å². The molecule has 158 valence electrons. The molecule has 0 bridgehead atoms. The maximum Gasteiger partial charge on any atom is 0.237 e. The number of hydrogen-bond donors (Lipinski definition) is 2. The molecule has 8 heteroatoms. The molecular formula is C21H32N6O2. The molecular weight excluding hydrogens is 368 g/mol. The number of rotatable bonds is 9. The highest BCUT2D eigenvalue weighted by molar-refractivity contribution is 5.77. The first-order valence-corrected chi connectivity index (χ1v) is 10.6. The van der Waals surface area contributed by atoms with Gasteiger partial charge in [0.1, 0.15) is 12.1 Å². The summed E-state index contributed by atoms with van der Waals surface area (Å²) < 4.78 is 1.79. The molecule has 1 amide bonds. The number of anilines is 1. The number of carbonyl (C=O) groups excluding carboxylic acids is 1. The molecule has 2 N–H and O–H groups in total. The summed E-state index contributed by atoms with van der Waals surface area (Å²) in [6.07, 6.45) is 11.6. The van der Waals surface area contributed by atoms with Gasteiger partial charge in [-0.2, -0.15) is 4.98 Å². The minimum atomic E-state index is -0.159. The van der Waals surface area contributed by atoms with Gasteiger partial charge in [-0.05, 0) is 32.6 Å². The zero-order valence-electron chi connectivity index (χ0n) is 17.4. The molecule has 0 radical (unpaired) electrons. The highest BCUT2D eigenvalue weighted by Crippen LogP contribution is 2.26. The number of piperidine rings is 1. The van der Waals surface area contributed by atoms with Crippen molar-refractivity contribution >= 4 is 11.7 Å². The van der Waals surface area contributed by atoms with Crippen molar-refractivity contribution in [2.24, 2.45) is 0 Å². The number of unbranched alkanes of at least 4 members (excludes halogenated alkanes) is 1. The number of imidazole rings is 1. The minimum Gasteiger partial charge on any atom is -0.394 e. The van der Waals surface area contributed by atoms with Gasteiger partial charge in [-0.25, -0.2) is 9.97 Å². The Morgan fingerprint density at radius 2 is 2.24 bits per heavy atom. The smallest absolute Gasteiger partial charge is 0.237 e. The van der Waals surface area contributed by atoms with Crippen LogP contribution in [0.3, 0.4) is 0 Å². The summed E-state index contributed by atoms with van der Waals surface area (Å²) >= 11 is 0. The zero-order valence-corrected chi connectivity index (χ0v) is 17.4. The second-order valence-corrected chi connectivity index (χ2v) is 7.77. The van der Waals surface area contributed by atoms with Crippen LogP contribution in [0, 0.1) is 6.92 Å². The van der Waals surface area contributed by atoms with Crippen molar-refractivity contribution in [2.75, 3.05) is 18.1 Å². The highest BCUT2D eigenvalue weighted by Gasteiger charge is 2.27. The Balaban J connectivity index is 1.72. The molecule has 3 rings (SSSR count). The molecule has 1 aliphatic rings. The van der Waals surface area contributed by atoms with Crippen LogP contribution in [0.15, 0.2) is 24.8 Å². The van der Waals surface area contributed by atoms with Crippen molar-refractivity contribution < 1.29 is 9.90 Å². The number of aliphatic hydroxyl groups excluding tert-OH is 1. The Kier molecular flexibility index (Phi) is 7.57. The Labute approximate surface area is 172 Å². The molecule has 3 heterocycles. The molecule has 2 atom stereocenters. The van der Waals surface area contributed by atoms with Crippen molar-refractivity contribution in [1.82, 2.24) is 24.8 Å². The third kappa shape index (κ3) is 5.76. The summed E-state index contributed by atoms with van der Waals surface area (Å²) in [5, 5.41) is 12.5. The van der Waals surface area contributed by atoms with E-state index in [1.807, 2.05) is 19.2 Å². The predicted molar refractivity (Wildman–Crippen MR) is 112 cm³/mol. The molecule has 0 aromatic carbocycles. The van der Waals surface area contributed by atoms with Gasteiger partial charge in [0.25, 0.3) is 0 Å². The Bertz CT molecular complexity index is 779. The summed E-state index contributed by atoms with van der Waals surface area (Å²) in [5.74, 6) is 1.44. The van der Waals surface area contributed by atoms with Crippen LogP contribution in [-0.2, 0) is 4.79 Å². The van der Waals surface area contributed by atoms with Gasteiger partial charge in [0, 0.05) is 43.2 Å². The van der Waals surface area contributed by atoms with E-state index in [1.54, 1.807) is 17.1 Å². The molecule has 8 nitrogen and oxygen atoms in total. The van der Waals surface area contributed by atoms with Gasteiger partial charge in [0.15, 0.2) is 0 Å². The molecule has 1 aliphatic heterocycles. The van der Waals surface area contributed by atoms with Gasteiger partial charge >= 0.3 is 0 Å². The quantitative estimate of drug-likeness (QED) is 0.671. The molecule has 29 heavy (non-hydrogen) atoms. The van der Waals surface area contributed by atoms with E-state index in [4.69, 9.17) is 4.98 Å². The van der Waals surface area contributed by atoms with Crippen molar-refractivity contribution in [3.8, 4) is 5.95 Å². The normalized spacial score (nSPS) is 17.9. The predicted octanol–water partition coefficient (Wildman–Crippen LogP) is 2.39. The Hall–Kier alpha value is -2.48. The maximum absolute atomic E-state index is 12.6. The van der Waals surface area contributed by atoms with Crippen LogP contribution in [-0.4, -0.2) is 55.8 Å². The van der Waals surface area contributed by atoms with Crippen LogP contribution in [0.2, 0.25) is 0 Å². The number of aromatic nitrogens is 4. The monoisotopic (exact) mass is 400 g/mol. The number of carbonyl (C=O) groups is 1. The first-order chi connectivity index (χ1) is 14.1. The van der Waals surface area contributed by atoms with E-state index >= 15 is 0 Å². The van der Waals surface area contributed by atoms with Gasteiger partial charge in [0.05, 0.1) is 12.6 Å². The van der Waals surface area contributed by atoms with E-state index < -0.39 is 0 Å². The lowest BCUT2D eigenvalue weighted by molar-refractivity contribution is -0.122. The second kappa shape index (κ2) is 10.3. The summed E-state index contributed by atoms with van der Waals surface area (Å²) in [6, 6.07) is 1.92. The van der Waals surface area contributed by atoms with Gasteiger partial charge in [-0.1, -0.05) is 19.8 Å². The van der Waals surface area contributed by atoms with Crippen LogP contribution in [0.1, 0.15) is 57.6 Å². The summed E-state index contributed by atoms with van der Waals surface area (Å²) in [5.41, 5.74) is 0.882. The van der Waals surface area contributed by atoms with Crippen molar-refractivity contribution in [1.29, 1.82) is 0 Å². The molecule has 0 spiro atoms. The lowest BCUT2D eigenvalue weighted by Crippen LogP contribution is -2.45. The van der Waals surface area contributed by atoms with E-state index in [0.717, 1.165) is 56.6 Å². The number of aryl methyl sites for hydroxylation is 1. The van der Waals surface area contributed by atoms with Crippen LogP contribution in [0.25, 0.3) is 5.95 Å². The minimum absolute atomic E-state index is 0.00216. The Morgan fingerprint density at radius 3 is 2.97 bits per heavy atom. The fraction of sp³-hybridized carbons (Fsp3) is 0.619. The lowest BCUT2D eigenvalue weighted by atomic mass is 9.98. The molecule has 1 saturated heterocycles. The number of nitrogens with zero attached hydrogens (tertiary/aromatic N) is 5. The van der Waals surface area contributed by atoms with E-state index in [1.165, 1.54) is 0 Å². The van der Waals surface area contributed by atoms with Gasteiger partial charge in [-0.3, -0.25) is 9.36 Å². The lowest BCUT2D eigenvalue weighted by Gasteiger charge is -2.36. The number of amides is 1. The largest absolute Gasteiger partial charge is 0.394 e. The van der Waals surface area contributed by atoms with Crippen LogP contribution in [0.5, 0.6) is 0 Å². The van der Waals surface area contributed by atoms with Gasteiger partial charge < -0.3 is 15.3 Å². The fourth-order valence-corrected chi connectivity index (χ4v) is 3.85. The first kappa shape index (κ1) is 21.2. The van der Waals surface area contributed by atoms with Gasteiger partial charge in [-0.15, -0.1) is 0 Å². The number of aliphatic hydroxyl groups is 1. The average Bonchev–Trinajstić information content (AvgIpc) is 3.26. The summed E-state index contributed by atoms with van der Waals surface area (Å²) in [4.78, 5) is 28.2. The molecule has 2 aromatic rings. The molecule has 1 fully saturated rings. The van der Waals surface area contributed by atoms with E-state index in [2.05, 4.69) is 27.1 Å². The van der Waals surface area contributed by atoms with E-state index in [0.29, 0.717) is 12.4 Å². The zero-order chi connectivity index (χ0) is 20.6. The third-order valence-corrected chi connectivity index (χ3v) is 5.40. The maximum atomic E-state index is 12.6. The topological polar surface area (TPSA) is 96.2 Å². The first-order valence-electron chi connectivity index (χ1n) is 10.6. The second-order valence-electron chi connectivity index (χ2n) is 7.77. The van der Waals surface area contributed by atoms with Crippen molar-refractivity contribution in [2.45, 2.75) is 70.9 Å². The number of nitrogens with one attached hydrogen (secondary N) is 1. The van der Waals surface area contributed by atoms with Gasteiger partial charge in [0.2, 0.25) is 11.9 Å². The van der Waals surface area contributed by atoms with Crippen LogP contribution < -0.4 is 10.2 Å². The Morgan fingerprint density at radius 1 is 1.38 bits per heavy atom. The van der Waals surface area contributed by atoms with Crippen molar-refractivity contribution in [3.63, 3.8) is 0 Å². The molecule has 0 aliphatic carbocycles. The summed E-state index contributed by atoms with van der Waals surface area (Å²) in [7, 11) is 0. The molecule has 2 unspecified atom stereocenters. The average molecular weight is 401 g/mol. The standard InChI is InChI=1S/C21H32N6O2/c1-3-4-7-17(14-28)24-20(29)13-18-8-5-6-10-27(18)19-12-16(2)23-21(25-19)26-11-9-22-15-26/h9,11-12,15,17-18,28H,3-8,10,13-14H2,1-2H3,(H,24,29). The summed E-state index contributed by atoms with van der Waals surface area (Å²) in [6.45, 7) is 4.92. The molecule has 2 aromatic heterocycles. The number of hydrogen-bond acceptors (Lipinski definition) is 6. The van der Waals surface area contributed by atoms with Crippen molar-refractivity contribution in [3.05, 3.63) is 30.5 Å². The van der Waals surface area contributed by atoms with E-state index in [-0.39, 0.29) is 24.6 Å². The third-order valence-electron chi connectivity index (χ3n) is 5.40. The highest BCUT2D eigenvalue weighted by atomic mass is 16.3. The SMILES string of the molecule is CCCCC(CO)NC(=O)CC1CCCCN1c1cc(C)nc(-n2ccnc2)n1. The van der Waals surface area contributed by atoms with Crippen LogP contribution >= 0.6 is 0 Å².